The van der Waals surface area contributed by atoms with Gasteiger partial charge in [0.25, 0.3) is 11.8 Å². The first kappa shape index (κ1) is 13.3. The molecule has 2 aliphatic rings. The summed E-state index contributed by atoms with van der Waals surface area (Å²) in [4.78, 5) is 29.5. The molecule has 3 aromatic rings. The Morgan fingerprint density at radius 1 is 0.708 bits per heavy atom. The Bertz CT molecular complexity index is 985. The second-order valence-corrected chi connectivity index (χ2v) is 6.13. The Kier molecular flexibility index (Phi) is 2.59. The van der Waals surface area contributed by atoms with Gasteiger partial charge in [-0.15, -0.1) is 0 Å². The van der Waals surface area contributed by atoms with Gasteiger partial charge in [-0.3, -0.25) is 9.59 Å². The molecule has 0 saturated carbocycles. The number of rotatable bonds is 2. The number of benzene rings is 3. The smallest absolute Gasteiger partial charge is 0.265 e. The van der Waals surface area contributed by atoms with Gasteiger partial charge in [-0.05, 0) is 30.3 Å². The van der Waals surface area contributed by atoms with E-state index in [0.29, 0.717) is 16.8 Å². The van der Waals surface area contributed by atoms with Crippen LogP contribution in [0.1, 0.15) is 20.7 Å². The van der Waals surface area contributed by atoms with Crippen LogP contribution < -0.4 is 9.80 Å². The monoisotopic (exact) mass is 314 g/mol. The molecular weight excluding hydrogens is 300 g/mol. The van der Waals surface area contributed by atoms with Gasteiger partial charge in [0.1, 0.15) is 0 Å². The summed E-state index contributed by atoms with van der Waals surface area (Å²) in [6.07, 6.45) is 0. The molecule has 24 heavy (non-hydrogen) atoms. The number of hydrogen-bond acceptors (Lipinski definition) is 3. The van der Waals surface area contributed by atoms with E-state index in [1.54, 1.807) is 12.1 Å². The number of carbonyl (C=O) groups excluding carboxylic acids is 2. The molecule has 0 aromatic heterocycles. The van der Waals surface area contributed by atoms with E-state index in [1.165, 1.54) is 4.90 Å². The van der Waals surface area contributed by atoms with Crippen molar-refractivity contribution in [2.45, 2.75) is 0 Å². The fraction of sp³-hybridized carbons (Fsp3) is 0.100. The standard InChI is InChI=1S/C20H14N2O2/c23-19-15-8-4-7-14-17(21-11-12-21)10-9-16(18(14)15)20(24)22(19)13-5-2-1-3-6-13/h1-10H,11-12H2. The van der Waals surface area contributed by atoms with E-state index in [1.807, 2.05) is 48.5 Å². The lowest BCUT2D eigenvalue weighted by Crippen LogP contribution is -2.40. The van der Waals surface area contributed by atoms with Gasteiger partial charge in [0.2, 0.25) is 0 Å². The van der Waals surface area contributed by atoms with Gasteiger partial charge in [-0.2, -0.15) is 0 Å². The lowest BCUT2D eigenvalue weighted by Gasteiger charge is -2.28. The molecule has 0 radical (unpaired) electrons. The average molecular weight is 314 g/mol. The zero-order valence-corrected chi connectivity index (χ0v) is 12.9. The molecule has 2 heterocycles. The maximum atomic E-state index is 13.0. The number of nitrogens with zero attached hydrogens (tertiary/aromatic N) is 2. The number of anilines is 2. The second-order valence-electron chi connectivity index (χ2n) is 6.13. The summed E-state index contributed by atoms with van der Waals surface area (Å²) in [5.74, 6) is -0.514. The van der Waals surface area contributed by atoms with Crippen molar-refractivity contribution in [3.05, 3.63) is 71.8 Å². The molecular formula is C20H14N2O2. The van der Waals surface area contributed by atoms with E-state index in [0.717, 1.165) is 29.5 Å². The summed E-state index contributed by atoms with van der Waals surface area (Å²) < 4.78 is 0. The highest BCUT2D eigenvalue weighted by molar-refractivity contribution is 6.36. The van der Waals surface area contributed by atoms with Crippen molar-refractivity contribution in [3.63, 3.8) is 0 Å². The normalized spacial score (nSPS) is 16.0. The van der Waals surface area contributed by atoms with Gasteiger partial charge in [0, 0.05) is 40.7 Å². The van der Waals surface area contributed by atoms with Gasteiger partial charge in [0.15, 0.2) is 0 Å². The van der Waals surface area contributed by atoms with Crippen LogP contribution in [0, 0.1) is 0 Å². The number of para-hydroxylation sites is 1. The second kappa shape index (κ2) is 4.68. The molecule has 0 atom stereocenters. The minimum Gasteiger partial charge on any atom is -0.367 e. The number of imide groups is 1. The Labute approximate surface area is 138 Å². The molecule has 0 N–H and O–H groups in total. The van der Waals surface area contributed by atoms with Gasteiger partial charge < -0.3 is 4.90 Å². The molecule has 4 heteroatoms. The summed E-state index contributed by atoms with van der Waals surface area (Å²) in [6, 6.07) is 18.6. The zero-order valence-electron chi connectivity index (χ0n) is 12.9. The topological polar surface area (TPSA) is 40.4 Å². The highest BCUT2D eigenvalue weighted by Crippen LogP contribution is 2.38. The van der Waals surface area contributed by atoms with Gasteiger partial charge in [0.05, 0.1) is 5.69 Å². The average Bonchev–Trinajstić information content (AvgIpc) is 3.45. The SMILES string of the molecule is O=C1c2cccc3c(N4CC4)ccc(c23)C(=O)N1c1ccccc1. The molecule has 0 aliphatic carbocycles. The van der Waals surface area contributed by atoms with E-state index in [-0.39, 0.29) is 11.8 Å². The maximum absolute atomic E-state index is 13.0. The summed E-state index contributed by atoms with van der Waals surface area (Å²) in [5.41, 5.74) is 2.89. The third kappa shape index (κ3) is 1.74. The molecule has 2 aliphatic heterocycles. The van der Waals surface area contributed by atoms with Crippen molar-refractivity contribution in [2.75, 3.05) is 22.9 Å². The molecule has 1 fully saturated rings. The Hall–Kier alpha value is -3.14. The minimum atomic E-state index is -0.257. The first-order valence-corrected chi connectivity index (χ1v) is 8.00. The van der Waals surface area contributed by atoms with E-state index in [4.69, 9.17) is 0 Å². The predicted octanol–water partition coefficient (Wildman–Crippen LogP) is 3.46. The highest BCUT2D eigenvalue weighted by Gasteiger charge is 2.35. The largest absolute Gasteiger partial charge is 0.367 e. The number of carbonyl (C=O) groups is 2. The Morgan fingerprint density at radius 2 is 1.42 bits per heavy atom. The van der Waals surface area contributed by atoms with Crippen LogP contribution in [-0.2, 0) is 0 Å². The van der Waals surface area contributed by atoms with Crippen molar-refractivity contribution in [3.8, 4) is 0 Å². The minimum absolute atomic E-state index is 0.257. The van der Waals surface area contributed by atoms with E-state index in [2.05, 4.69) is 4.90 Å². The van der Waals surface area contributed by atoms with Crippen LogP contribution in [0.5, 0.6) is 0 Å². The molecule has 4 nitrogen and oxygen atoms in total. The Balaban J connectivity index is 1.78. The van der Waals surface area contributed by atoms with Crippen LogP contribution in [0.4, 0.5) is 11.4 Å². The van der Waals surface area contributed by atoms with E-state index in [9.17, 15) is 9.59 Å². The van der Waals surface area contributed by atoms with Crippen LogP contribution in [-0.4, -0.2) is 24.9 Å². The summed E-state index contributed by atoms with van der Waals surface area (Å²) in [7, 11) is 0. The van der Waals surface area contributed by atoms with Crippen molar-refractivity contribution in [1.29, 1.82) is 0 Å². The fourth-order valence-corrected chi connectivity index (χ4v) is 3.46. The van der Waals surface area contributed by atoms with Crippen molar-refractivity contribution < 1.29 is 9.59 Å². The molecule has 1 saturated heterocycles. The molecule has 0 bridgehead atoms. The van der Waals surface area contributed by atoms with Crippen molar-refractivity contribution in [1.82, 2.24) is 0 Å². The lowest BCUT2D eigenvalue weighted by atomic mass is 9.92. The van der Waals surface area contributed by atoms with Gasteiger partial charge in [-0.1, -0.05) is 30.3 Å². The van der Waals surface area contributed by atoms with Crippen LogP contribution in [0.3, 0.4) is 0 Å². The van der Waals surface area contributed by atoms with Crippen molar-refractivity contribution >= 4 is 34.0 Å². The van der Waals surface area contributed by atoms with Crippen LogP contribution >= 0.6 is 0 Å². The third-order valence-corrected chi connectivity index (χ3v) is 4.69. The molecule has 3 aromatic carbocycles. The maximum Gasteiger partial charge on any atom is 0.265 e. The number of amides is 2. The zero-order chi connectivity index (χ0) is 16.3. The molecule has 2 amide bonds. The van der Waals surface area contributed by atoms with Crippen LogP contribution in [0.25, 0.3) is 10.8 Å². The predicted molar refractivity (Wildman–Crippen MR) is 93.7 cm³/mol. The molecule has 116 valence electrons. The van der Waals surface area contributed by atoms with Crippen LogP contribution in [0.2, 0.25) is 0 Å². The first-order valence-electron chi connectivity index (χ1n) is 8.00. The molecule has 0 spiro atoms. The lowest BCUT2D eigenvalue weighted by molar-refractivity contribution is 0.0893. The third-order valence-electron chi connectivity index (χ3n) is 4.69. The summed E-state index contributed by atoms with van der Waals surface area (Å²) in [6.45, 7) is 2.05. The van der Waals surface area contributed by atoms with Gasteiger partial charge >= 0.3 is 0 Å². The number of hydrogen-bond donors (Lipinski definition) is 0. The first-order chi connectivity index (χ1) is 11.8. The highest BCUT2D eigenvalue weighted by atomic mass is 16.2. The van der Waals surface area contributed by atoms with Gasteiger partial charge in [-0.25, -0.2) is 4.90 Å². The molecule has 5 rings (SSSR count). The van der Waals surface area contributed by atoms with E-state index < -0.39 is 0 Å². The van der Waals surface area contributed by atoms with E-state index >= 15 is 0 Å². The Morgan fingerprint density at radius 3 is 2.12 bits per heavy atom. The quantitative estimate of drug-likeness (QED) is 0.537. The van der Waals surface area contributed by atoms with Crippen LogP contribution in [0.15, 0.2) is 60.7 Å². The molecule has 0 unspecified atom stereocenters. The fourth-order valence-electron chi connectivity index (χ4n) is 3.46. The van der Waals surface area contributed by atoms with Crippen molar-refractivity contribution in [2.24, 2.45) is 0 Å². The summed E-state index contributed by atoms with van der Waals surface area (Å²) in [5, 5.41) is 1.76. The summed E-state index contributed by atoms with van der Waals surface area (Å²) >= 11 is 0.